The van der Waals surface area contributed by atoms with Crippen LogP contribution in [0.1, 0.15) is 29.9 Å². The number of aliphatic carboxylic acids is 1. The number of nitrogens with zero attached hydrogens (tertiary/aromatic N) is 1. The third-order valence-corrected chi connectivity index (χ3v) is 4.47. The number of carboxylic acid groups (broad SMARTS) is 1. The van der Waals surface area contributed by atoms with Crippen LogP contribution in [0.25, 0.3) is 0 Å². The molecule has 1 fully saturated rings. The fourth-order valence-corrected chi connectivity index (χ4v) is 3.32. The Bertz CT molecular complexity index is 558. The standard InChI is InChI=1S/C16H20N2O3/c19-15(18-7-3-5-12(10-18)16(20)21)14-9-17-8-11-4-1-2-6-13(11)14/h1-2,4,6,12,14,17H,3,5,7-10H2,(H,20,21)/t12-,14?/m1/s1. The molecule has 2 aliphatic rings. The third kappa shape index (κ3) is 2.78. The van der Waals surface area contributed by atoms with E-state index in [9.17, 15) is 9.59 Å². The molecule has 1 aromatic carbocycles. The number of rotatable bonds is 2. The van der Waals surface area contributed by atoms with Gasteiger partial charge in [0.1, 0.15) is 0 Å². The summed E-state index contributed by atoms with van der Waals surface area (Å²) >= 11 is 0. The molecule has 1 unspecified atom stereocenters. The Morgan fingerprint density at radius 2 is 2.10 bits per heavy atom. The van der Waals surface area contributed by atoms with Gasteiger partial charge in [-0.1, -0.05) is 24.3 Å². The second-order valence-corrected chi connectivity index (χ2v) is 5.84. The molecule has 0 aliphatic carbocycles. The van der Waals surface area contributed by atoms with Crippen LogP contribution >= 0.6 is 0 Å². The normalized spacial score (nSPS) is 25.2. The number of hydrogen-bond acceptors (Lipinski definition) is 3. The number of fused-ring (bicyclic) bond motifs is 1. The van der Waals surface area contributed by atoms with Crippen LogP contribution in [0.2, 0.25) is 0 Å². The van der Waals surface area contributed by atoms with Gasteiger partial charge in [-0.3, -0.25) is 9.59 Å². The first-order valence-electron chi connectivity index (χ1n) is 7.47. The van der Waals surface area contributed by atoms with E-state index in [1.54, 1.807) is 4.90 Å². The molecular weight excluding hydrogens is 268 g/mol. The van der Waals surface area contributed by atoms with Crippen molar-refractivity contribution in [3.05, 3.63) is 35.4 Å². The maximum absolute atomic E-state index is 12.8. The topological polar surface area (TPSA) is 69.6 Å². The summed E-state index contributed by atoms with van der Waals surface area (Å²) in [4.78, 5) is 25.7. The average molecular weight is 288 g/mol. The van der Waals surface area contributed by atoms with Crippen molar-refractivity contribution in [1.82, 2.24) is 10.2 Å². The second kappa shape index (κ2) is 5.85. The van der Waals surface area contributed by atoms with Crippen molar-refractivity contribution < 1.29 is 14.7 Å². The number of nitrogens with one attached hydrogen (secondary N) is 1. The molecular formula is C16H20N2O3. The van der Waals surface area contributed by atoms with Crippen molar-refractivity contribution >= 4 is 11.9 Å². The lowest BCUT2D eigenvalue weighted by atomic mass is 9.88. The van der Waals surface area contributed by atoms with E-state index in [2.05, 4.69) is 5.32 Å². The van der Waals surface area contributed by atoms with Gasteiger partial charge in [0.25, 0.3) is 0 Å². The summed E-state index contributed by atoms with van der Waals surface area (Å²) in [6, 6.07) is 7.99. The molecule has 1 amide bonds. The zero-order valence-corrected chi connectivity index (χ0v) is 11.9. The van der Waals surface area contributed by atoms with E-state index in [-0.39, 0.29) is 11.8 Å². The van der Waals surface area contributed by atoms with E-state index in [4.69, 9.17) is 5.11 Å². The van der Waals surface area contributed by atoms with Crippen LogP contribution in [0.15, 0.2) is 24.3 Å². The minimum Gasteiger partial charge on any atom is -0.481 e. The van der Waals surface area contributed by atoms with E-state index in [0.717, 1.165) is 24.1 Å². The van der Waals surface area contributed by atoms with E-state index in [0.29, 0.717) is 26.1 Å². The van der Waals surface area contributed by atoms with Gasteiger partial charge >= 0.3 is 5.97 Å². The molecule has 5 nitrogen and oxygen atoms in total. The monoisotopic (exact) mass is 288 g/mol. The molecule has 0 bridgehead atoms. The molecule has 0 radical (unpaired) electrons. The molecule has 21 heavy (non-hydrogen) atoms. The fourth-order valence-electron chi connectivity index (χ4n) is 3.32. The number of amides is 1. The molecule has 5 heteroatoms. The summed E-state index contributed by atoms with van der Waals surface area (Å²) in [6.45, 7) is 2.43. The van der Waals surface area contributed by atoms with Crippen LogP contribution in [0, 0.1) is 5.92 Å². The Balaban J connectivity index is 1.78. The highest BCUT2D eigenvalue weighted by Crippen LogP contribution is 2.27. The minimum absolute atomic E-state index is 0.0561. The Labute approximate surface area is 123 Å². The number of carboxylic acids is 1. The highest BCUT2D eigenvalue weighted by molar-refractivity contribution is 5.85. The Morgan fingerprint density at radius 3 is 2.90 bits per heavy atom. The summed E-state index contributed by atoms with van der Waals surface area (Å²) in [5, 5.41) is 12.4. The highest BCUT2D eigenvalue weighted by atomic mass is 16.4. The van der Waals surface area contributed by atoms with Gasteiger partial charge in [-0.25, -0.2) is 0 Å². The molecule has 0 spiro atoms. The Kier molecular flexibility index (Phi) is 3.92. The maximum atomic E-state index is 12.8. The predicted molar refractivity (Wildman–Crippen MR) is 77.8 cm³/mol. The van der Waals surface area contributed by atoms with Crippen LogP contribution in [0.4, 0.5) is 0 Å². The van der Waals surface area contributed by atoms with E-state index < -0.39 is 11.9 Å². The second-order valence-electron chi connectivity index (χ2n) is 5.84. The largest absolute Gasteiger partial charge is 0.481 e. The number of piperidine rings is 1. The van der Waals surface area contributed by atoms with E-state index in [1.165, 1.54) is 0 Å². The Hall–Kier alpha value is -1.88. The van der Waals surface area contributed by atoms with Crippen LogP contribution in [0.5, 0.6) is 0 Å². The van der Waals surface area contributed by atoms with Gasteiger partial charge in [-0.05, 0) is 24.0 Å². The van der Waals surface area contributed by atoms with Crippen molar-refractivity contribution in [3.8, 4) is 0 Å². The molecule has 2 heterocycles. The highest BCUT2D eigenvalue weighted by Gasteiger charge is 2.34. The summed E-state index contributed by atoms with van der Waals surface area (Å²) < 4.78 is 0. The number of carbonyl (C=O) groups excluding carboxylic acids is 1. The third-order valence-electron chi connectivity index (χ3n) is 4.47. The number of carbonyl (C=O) groups is 2. The average Bonchev–Trinajstić information content (AvgIpc) is 2.53. The van der Waals surface area contributed by atoms with Gasteiger partial charge in [0.2, 0.25) is 5.91 Å². The summed E-state index contributed by atoms with van der Waals surface area (Å²) in [7, 11) is 0. The molecule has 112 valence electrons. The molecule has 0 aromatic heterocycles. The molecule has 1 aromatic rings. The summed E-state index contributed by atoms with van der Waals surface area (Å²) in [5.74, 6) is -1.35. The van der Waals surface area contributed by atoms with Gasteiger partial charge in [-0.2, -0.15) is 0 Å². The zero-order chi connectivity index (χ0) is 14.8. The zero-order valence-electron chi connectivity index (χ0n) is 11.9. The fraction of sp³-hybridized carbons (Fsp3) is 0.500. The van der Waals surface area contributed by atoms with E-state index >= 15 is 0 Å². The lowest BCUT2D eigenvalue weighted by Crippen LogP contribution is -2.47. The van der Waals surface area contributed by atoms with Gasteiger partial charge < -0.3 is 15.3 Å². The summed E-state index contributed by atoms with van der Waals surface area (Å²) in [5.41, 5.74) is 2.24. The van der Waals surface area contributed by atoms with Crippen molar-refractivity contribution in [2.45, 2.75) is 25.3 Å². The molecule has 2 atom stereocenters. The molecule has 1 saturated heterocycles. The van der Waals surface area contributed by atoms with E-state index in [1.807, 2.05) is 24.3 Å². The van der Waals surface area contributed by atoms with Crippen molar-refractivity contribution in [2.24, 2.45) is 5.92 Å². The Morgan fingerprint density at radius 1 is 1.29 bits per heavy atom. The first-order chi connectivity index (χ1) is 10.2. The SMILES string of the molecule is O=C(O)[C@@H]1CCCN(C(=O)C2CNCc3ccccc32)C1. The van der Waals surface area contributed by atoms with Gasteiger partial charge in [0.15, 0.2) is 0 Å². The predicted octanol–water partition coefficient (Wildman–Crippen LogP) is 1.20. The van der Waals surface area contributed by atoms with Gasteiger partial charge in [0, 0.05) is 26.2 Å². The maximum Gasteiger partial charge on any atom is 0.308 e. The van der Waals surface area contributed by atoms with Crippen LogP contribution in [-0.4, -0.2) is 41.5 Å². The first-order valence-corrected chi connectivity index (χ1v) is 7.47. The van der Waals surface area contributed by atoms with Crippen LogP contribution in [-0.2, 0) is 16.1 Å². The van der Waals surface area contributed by atoms with Crippen molar-refractivity contribution in [2.75, 3.05) is 19.6 Å². The number of hydrogen-bond donors (Lipinski definition) is 2. The molecule has 3 rings (SSSR count). The van der Waals surface area contributed by atoms with Gasteiger partial charge in [0.05, 0.1) is 11.8 Å². The van der Waals surface area contributed by atoms with Crippen LogP contribution in [0.3, 0.4) is 0 Å². The number of benzene rings is 1. The number of likely N-dealkylation sites (tertiary alicyclic amines) is 1. The first kappa shape index (κ1) is 14.1. The summed E-state index contributed by atoms with van der Waals surface area (Å²) in [6.07, 6.45) is 1.43. The van der Waals surface area contributed by atoms with Gasteiger partial charge in [-0.15, -0.1) is 0 Å². The minimum atomic E-state index is -0.797. The molecule has 2 N–H and O–H groups in total. The van der Waals surface area contributed by atoms with Crippen molar-refractivity contribution in [1.29, 1.82) is 0 Å². The van der Waals surface area contributed by atoms with Crippen molar-refractivity contribution in [3.63, 3.8) is 0 Å². The lowest BCUT2D eigenvalue weighted by Gasteiger charge is -2.35. The smallest absolute Gasteiger partial charge is 0.308 e. The quantitative estimate of drug-likeness (QED) is 0.858. The van der Waals surface area contributed by atoms with Crippen LogP contribution < -0.4 is 5.32 Å². The molecule has 2 aliphatic heterocycles. The molecule has 0 saturated carbocycles. The lowest BCUT2D eigenvalue weighted by molar-refractivity contribution is -0.146.